The summed E-state index contributed by atoms with van der Waals surface area (Å²) >= 11 is 0. The summed E-state index contributed by atoms with van der Waals surface area (Å²) in [5.41, 5.74) is 0. The molecule has 23 heteroatoms. The van der Waals surface area contributed by atoms with E-state index in [1.165, 1.54) is 51.4 Å². The molecule has 2 amide bonds. The second kappa shape index (κ2) is 52.7. The predicted octanol–water partition coefficient (Wildman–Crippen LogP) is 8.36. The number of nitrogens with zero attached hydrogens (tertiary/aromatic N) is 3. The fraction of sp³-hybridized carbons (Fsp3) is 0.955. The summed E-state index contributed by atoms with van der Waals surface area (Å²) in [5.74, 6) is 3.02. The molecule has 4 aliphatic carbocycles. The number of carbonyl (C=O) groups excluding carboxylic acids is 2. The van der Waals surface area contributed by atoms with Gasteiger partial charge in [-0.3, -0.25) is 4.90 Å². The Hall–Kier alpha value is -2.68. The van der Waals surface area contributed by atoms with Gasteiger partial charge in [-0.1, -0.05) is 13.3 Å². The van der Waals surface area contributed by atoms with Crippen molar-refractivity contribution in [2.45, 2.75) is 179 Å². The fourth-order valence-electron chi connectivity index (χ4n) is 12.1. The molecule has 3 atom stereocenters. The minimum Gasteiger partial charge on any atom is -0.447 e. The van der Waals surface area contributed by atoms with E-state index < -0.39 is 0 Å². The van der Waals surface area contributed by atoms with Crippen LogP contribution in [-0.4, -0.2) is 265 Å². The third-order valence-electron chi connectivity index (χ3n) is 17.4. The predicted molar refractivity (Wildman–Crippen MR) is 338 cm³/mol. The molecule has 0 spiro atoms. The molecule has 89 heavy (non-hydrogen) atoms. The number of nitrogens with one attached hydrogen (secondary N) is 2. The van der Waals surface area contributed by atoms with Crippen LogP contribution in [0.1, 0.15) is 142 Å². The molecule has 0 aromatic rings. The lowest BCUT2D eigenvalue weighted by molar-refractivity contribution is -0.0290. The van der Waals surface area contributed by atoms with E-state index in [4.69, 9.17) is 85.8 Å². The monoisotopic (exact) mass is 1270 g/mol. The quantitative estimate of drug-likeness (QED) is 0.0331. The van der Waals surface area contributed by atoms with Gasteiger partial charge in [0.2, 0.25) is 0 Å². The fourth-order valence-corrected chi connectivity index (χ4v) is 12.1. The Bertz CT molecular complexity index is 1750. The molecule has 5 rings (SSSR count). The second-order valence-electron chi connectivity index (χ2n) is 24.6. The molecule has 23 nitrogen and oxygen atoms in total. The number of methoxy groups -OCH3 is 1. The maximum absolute atomic E-state index is 12.9. The van der Waals surface area contributed by atoms with Crippen LogP contribution in [0.5, 0.6) is 0 Å². The summed E-state index contributed by atoms with van der Waals surface area (Å²) in [6, 6.07) is 4.83. The lowest BCUT2D eigenvalue weighted by Crippen LogP contribution is -2.42. The lowest BCUT2D eigenvalue weighted by atomic mass is 9.76. The molecule has 1 heterocycles. The molecule has 0 aromatic carbocycles. The van der Waals surface area contributed by atoms with Crippen LogP contribution in [0.15, 0.2) is 9.98 Å². The van der Waals surface area contributed by atoms with Gasteiger partial charge >= 0.3 is 12.2 Å². The van der Waals surface area contributed by atoms with Crippen LogP contribution in [0, 0.1) is 23.7 Å². The van der Waals surface area contributed by atoms with Crippen molar-refractivity contribution in [1.82, 2.24) is 15.5 Å². The van der Waals surface area contributed by atoms with Crippen molar-refractivity contribution in [3.8, 4) is 0 Å². The van der Waals surface area contributed by atoms with Gasteiger partial charge in [0, 0.05) is 44.9 Å². The molecular formula is C66H121N5O18. The highest BCUT2D eigenvalue weighted by Crippen LogP contribution is 2.38. The molecule has 5 fully saturated rings. The zero-order valence-electron chi connectivity index (χ0n) is 55.3. The van der Waals surface area contributed by atoms with E-state index in [1.54, 1.807) is 7.11 Å². The Balaban J connectivity index is 0.704. The van der Waals surface area contributed by atoms with Gasteiger partial charge in [-0.25, -0.2) is 19.6 Å². The van der Waals surface area contributed by atoms with Crippen molar-refractivity contribution in [2.75, 3.05) is 205 Å². The molecule has 1 aliphatic heterocycles. The molecular weight excluding hydrogens is 1150 g/mol. The maximum atomic E-state index is 12.9. The molecule has 518 valence electrons. The highest BCUT2D eigenvalue weighted by Gasteiger charge is 2.34. The zero-order valence-corrected chi connectivity index (χ0v) is 55.3. The molecule has 0 bridgehead atoms. The number of unbranched alkanes of at least 4 members (excludes halogenated alkanes) is 1. The summed E-state index contributed by atoms with van der Waals surface area (Å²) in [6.45, 7) is 19.9. The van der Waals surface area contributed by atoms with Crippen LogP contribution in [0.3, 0.4) is 0 Å². The molecule has 3 unspecified atom stereocenters. The first-order chi connectivity index (χ1) is 43.9. The normalized spacial score (nSPS) is 24.8. The molecule has 1 saturated heterocycles. The molecule has 0 radical (unpaired) electrons. The largest absolute Gasteiger partial charge is 0.447 e. The van der Waals surface area contributed by atoms with Crippen molar-refractivity contribution in [3.63, 3.8) is 0 Å². The number of rotatable bonds is 55. The van der Waals surface area contributed by atoms with Crippen molar-refractivity contribution < 1.29 is 85.4 Å². The average Bonchev–Trinajstić information content (AvgIpc) is 4.49. The van der Waals surface area contributed by atoms with E-state index in [2.05, 4.69) is 35.4 Å². The Morgan fingerprint density at radius 3 is 1.07 bits per heavy atom. The lowest BCUT2D eigenvalue weighted by Gasteiger charge is -2.33. The second-order valence-corrected chi connectivity index (χ2v) is 24.6. The van der Waals surface area contributed by atoms with Crippen LogP contribution in [0.25, 0.3) is 0 Å². The van der Waals surface area contributed by atoms with Gasteiger partial charge in [-0.2, -0.15) is 0 Å². The first-order valence-electron chi connectivity index (χ1n) is 34.6. The Morgan fingerprint density at radius 2 is 0.742 bits per heavy atom. The Labute approximate surface area is 534 Å². The van der Waals surface area contributed by atoms with Crippen LogP contribution in [0.2, 0.25) is 0 Å². The number of amides is 2. The van der Waals surface area contributed by atoms with Gasteiger partial charge in [0.25, 0.3) is 0 Å². The van der Waals surface area contributed by atoms with Crippen molar-refractivity contribution >= 4 is 18.2 Å². The van der Waals surface area contributed by atoms with E-state index >= 15 is 0 Å². The van der Waals surface area contributed by atoms with Crippen LogP contribution in [-0.2, 0) is 75.8 Å². The smallest absolute Gasteiger partial charge is 0.407 e. The van der Waals surface area contributed by atoms with Crippen molar-refractivity contribution in [1.29, 1.82) is 0 Å². The summed E-state index contributed by atoms with van der Waals surface area (Å²) < 4.78 is 88.1. The van der Waals surface area contributed by atoms with Gasteiger partial charge in [0.1, 0.15) is 12.7 Å². The van der Waals surface area contributed by atoms with E-state index in [1.807, 2.05) is 0 Å². The first kappa shape index (κ1) is 77.0. The van der Waals surface area contributed by atoms with E-state index in [-0.39, 0.29) is 37.0 Å². The van der Waals surface area contributed by atoms with E-state index in [9.17, 15) is 9.59 Å². The van der Waals surface area contributed by atoms with Gasteiger partial charge < -0.3 is 86.4 Å². The number of hydrogen-bond acceptors (Lipinski definition) is 21. The van der Waals surface area contributed by atoms with Gasteiger partial charge in [-0.15, -0.1) is 0 Å². The average molecular weight is 1270 g/mol. The molecule has 0 aromatic heterocycles. The summed E-state index contributed by atoms with van der Waals surface area (Å²) in [6.07, 6.45) is 22.1. The maximum Gasteiger partial charge on any atom is 0.407 e. The zero-order chi connectivity index (χ0) is 62.7. The van der Waals surface area contributed by atoms with Crippen molar-refractivity contribution in [3.05, 3.63) is 0 Å². The number of carbonyl (C=O) groups is 2. The van der Waals surface area contributed by atoms with Gasteiger partial charge in [-0.05, 0) is 153 Å². The summed E-state index contributed by atoms with van der Waals surface area (Å²) in [5, 5.41) is 6.26. The standard InChI is InChI=1S/C66H121N5O18/c1-4-5-22-87-53-64(52-71-51-55(71)2)89-66(73)70-63-20-12-59(13-21-63)50-57-8-16-61(17-9-57)68-54-67-60-14-6-56(7-15-60)49-58-10-18-62(19-11-58)69-65(72)88-48-47-86-46-45-85-44-43-84-42-41-83-40-39-82-38-37-81-36-35-80-34-33-79-32-31-78-30-29-77-28-27-76-26-25-75-24-23-74-3/h55-64H,4-53H2,1-3H3,(H,69,72)(H,70,73). The highest BCUT2D eigenvalue weighted by atomic mass is 16.6. The minimum absolute atomic E-state index is 0.172. The third kappa shape index (κ3) is 40.9. The SMILES string of the molecule is CCCCOCC(CN1CC1C)OC(=O)NC1CCC(CC2CCC(N=C=NC3CCC(CC4CCC(NC(=O)OCCOCCOCCOCCOCCOCCOCCOCCOCCOCCOCCOCCOCCOC)CC4)CC3)CC2)CC1. The third-order valence-corrected chi connectivity index (χ3v) is 17.4. The molecule has 4 saturated carbocycles. The minimum atomic E-state index is -0.364. The van der Waals surface area contributed by atoms with Gasteiger partial charge in [0.05, 0.1) is 190 Å². The highest BCUT2D eigenvalue weighted by molar-refractivity contribution is 5.68. The number of ether oxygens (including phenoxy) is 16. The summed E-state index contributed by atoms with van der Waals surface area (Å²) in [4.78, 5) is 37.3. The molecule has 2 N–H and O–H groups in total. The van der Waals surface area contributed by atoms with Crippen LogP contribution >= 0.6 is 0 Å². The number of aliphatic imine (C=N–C) groups is 2. The summed E-state index contributed by atoms with van der Waals surface area (Å²) in [7, 11) is 1.65. The number of alkyl carbamates (subject to hydrolysis) is 2. The van der Waals surface area contributed by atoms with E-state index in [0.29, 0.717) is 190 Å². The van der Waals surface area contributed by atoms with Crippen LogP contribution in [0.4, 0.5) is 9.59 Å². The number of hydrogen-bond donors (Lipinski definition) is 2. The van der Waals surface area contributed by atoms with E-state index in [0.717, 1.165) is 120 Å². The van der Waals surface area contributed by atoms with Gasteiger partial charge in [0.15, 0.2) is 0 Å². The van der Waals surface area contributed by atoms with Crippen LogP contribution < -0.4 is 10.6 Å². The topological polar surface area (TPSA) is 234 Å². The Kier molecular flexibility index (Phi) is 45.6. The first-order valence-corrected chi connectivity index (χ1v) is 34.6. The van der Waals surface area contributed by atoms with Crippen molar-refractivity contribution in [2.24, 2.45) is 33.7 Å². The molecule has 5 aliphatic rings. The Morgan fingerprint density at radius 1 is 0.427 bits per heavy atom.